The lowest BCUT2D eigenvalue weighted by Gasteiger charge is -2.23. The van der Waals surface area contributed by atoms with Crippen molar-refractivity contribution in [3.8, 4) is 0 Å². The van der Waals surface area contributed by atoms with E-state index in [1.807, 2.05) is 47.2 Å². The molecule has 5 aromatic carbocycles. The van der Waals surface area contributed by atoms with Gasteiger partial charge in [0.25, 0.3) is 0 Å². The number of aromatic nitrogens is 3. The molecule has 9 heteroatoms. The highest BCUT2D eigenvalue weighted by Crippen LogP contribution is 2.33. The number of hydrogen-bond acceptors (Lipinski definition) is 3. The first-order valence-corrected chi connectivity index (χ1v) is 16.5. The Morgan fingerprint density at radius 2 is 1.18 bits per heavy atom. The van der Waals surface area contributed by atoms with E-state index < -0.39 is 23.8 Å². The molecule has 2 unspecified atom stereocenters. The molecule has 0 saturated heterocycles. The number of benzene rings is 5. The average molecular weight is 661 g/mol. The second-order valence-electron chi connectivity index (χ2n) is 12.6. The van der Waals surface area contributed by atoms with E-state index in [1.165, 1.54) is 41.3 Å². The van der Waals surface area contributed by atoms with Crippen molar-refractivity contribution in [1.82, 2.24) is 19.4 Å². The zero-order valence-electron chi connectivity index (χ0n) is 26.7. The molecule has 0 saturated carbocycles. The maximum Gasteiger partial charge on any atom is 0.123 e. The summed E-state index contributed by atoms with van der Waals surface area (Å²) in [4.78, 5) is 3.30. The normalized spacial score (nSPS) is 13.4. The zero-order valence-corrected chi connectivity index (χ0v) is 26.7. The number of aromatic amines is 1. The fourth-order valence-corrected chi connectivity index (χ4v) is 7.17. The Morgan fingerprint density at radius 1 is 0.653 bits per heavy atom. The van der Waals surface area contributed by atoms with Crippen molar-refractivity contribution in [3.05, 3.63) is 132 Å². The van der Waals surface area contributed by atoms with E-state index in [-0.39, 0.29) is 12.4 Å². The van der Waals surface area contributed by atoms with Crippen LogP contribution in [0.2, 0.25) is 0 Å². The minimum absolute atomic E-state index is 0.0664. The molecule has 0 aliphatic carbocycles. The summed E-state index contributed by atoms with van der Waals surface area (Å²) in [7, 11) is 0. The van der Waals surface area contributed by atoms with Gasteiger partial charge in [0, 0.05) is 67.3 Å². The number of hydrogen-bond donors (Lipinski definition) is 3. The standard InChI is InChI=1S/C40H35F3N4O2/c41-26-9-12-38-33(17-26)32-6-2-4-8-37(32)46(38)22-30(23-47-39-13-10-27(42)18-34(39)35-19-28(43)11-14-40(35)47)49-24-29(48)21-44-16-15-25-20-45-36-7-3-1-5-31(25)36/h1-14,17-20,29-30,44-45,48H,15-16,21-24H2. The molecule has 0 spiro atoms. The maximum absolute atomic E-state index is 14.4. The lowest BCUT2D eigenvalue weighted by Crippen LogP contribution is -2.35. The number of para-hydroxylation sites is 2. The first-order chi connectivity index (χ1) is 23.9. The van der Waals surface area contributed by atoms with Crippen LogP contribution in [0.4, 0.5) is 13.2 Å². The fourth-order valence-electron chi connectivity index (χ4n) is 7.17. The Balaban J connectivity index is 1.07. The van der Waals surface area contributed by atoms with Crippen LogP contribution in [0.3, 0.4) is 0 Å². The van der Waals surface area contributed by atoms with Gasteiger partial charge in [-0.1, -0.05) is 36.4 Å². The molecule has 6 nitrogen and oxygen atoms in total. The smallest absolute Gasteiger partial charge is 0.123 e. The van der Waals surface area contributed by atoms with Crippen LogP contribution in [0.15, 0.2) is 109 Å². The predicted molar refractivity (Wildman–Crippen MR) is 189 cm³/mol. The lowest BCUT2D eigenvalue weighted by atomic mass is 10.1. The van der Waals surface area contributed by atoms with Gasteiger partial charge in [-0.25, -0.2) is 13.2 Å². The van der Waals surface area contributed by atoms with Crippen LogP contribution in [0.1, 0.15) is 5.56 Å². The van der Waals surface area contributed by atoms with E-state index >= 15 is 0 Å². The Bertz CT molecular complexity index is 2390. The molecule has 0 bridgehead atoms. The maximum atomic E-state index is 14.4. The molecule has 2 atom stereocenters. The van der Waals surface area contributed by atoms with E-state index in [1.54, 1.807) is 24.3 Å². The SMILES string of the molecule is OC(CNCCc1c[nH]c2ccccc12)COC(Cn1c2ccccc2c2cc(F)ccc21)Cn1c2ccc(F)cc2c2cc(F)ccc21. The third kappa shape index (κ3) is 6.05. The minimum Gasteiger partial charge on any atom is -0.389 e. The largest absolute Gasteiger partial charge is 0.389 e. The van der Waals surface area contributed by atoms with Gasteiger partial charge < -0.3 is 29.3 Å². The van der Waals surface area contributed by atoms with Crippen LogP contribution in [-0.2, 0) is 24.2 Å². The first kappa shape index (κ1) is 31.2. The van der Waals surface area contributed by atoms with Gasteiger partial charge in [0.15, 0.2) is 0 Å². The second-order valence-corrected chi connectivity index (χ2v) is 12.6. The summed E-state index contributed by atoms with van der Waals surface area (Å²) in [5, 5.41) is 18.5. The Kier molecular flexibility index (Phi) is 8.33. The molecule has 0 radical (unpaired) electrons. The summed E-state index contributed by atoms with van der Waals surface area (Å²) in [5.41, 5.74) is 5.61. The third-order valence-electron chi connectivity index (χ3n) is 9.45. The molecule has 8 rings (SSSR count). The van der Waals surface area contributed by atoms with Crippen molar-refractivity contribution in [2.75, 3.05) is 19.7 Å². The molecule has 248 valence electrons. The van der Waals surface area contributed by atoms with Crippen molar-refractivity contribution in [1.29, 1.82) is 0 Å². The first-order valence-electron chi connectivity index (χ1n) is 16.5. The van der Waals surface area contributed by atoms with Crippen molar-refractivity contribution < 1.29 is 23.0 Å². The van der Waals surface area contributed by atoms with Crippen LogP contribution in [-0.4, -0.2) is 51.1 Å². The van der Waals surface area contributed by atoms with E-state index in [4.69, 9.17) is 4.74 Å². The Labute approximate surface area is 280 Å². The van der Waals surface area contributed by atoms with Gasteiger partial charge in [0.2, 0.25) is 0 Å². The molecule has 49 heavy (non-hydrogen) atoms. The summed E-state index contributed by atoms with van der Waals surface area (Å²) < 4.78 is 53.9. The van der Waals surface area contributed by atoms with Crippen LogP contribution in [0, 0.1) is 17.5 Å². The van der Waals surface area contributed by atoms with Gasteiger partial charge in [0.05, 0.1) is 31.9 Å². The van der Waals surface area contributed by atoms with Crippen molar-refractivity contribution in [2.45, 2.75) is 31.7 Å². The zero-order chi connectivity index (χ0) is 33.5. The number of halogens is 3. The summed E-state index contributed by atoms with van der Waals surface area (Å²) in [6.07, 6.45) is 1.58. The van der Waals surface area contributed by atoms with Gasteiger partial charge in [-0.3, -0.25) is 0 Å². The average Bonchev–Trinajstić information content (AvgIpc) is 3.75. The molecule has 8 aromatic rings. The Hall–Kier alpha value is -5.09. The van der Waals surface area contributed by atoms with Gasteiger partial charge in [-0.2, -0.15) is 0 Å². The summed E-state index contributed by atoms with van der Waals surface area (Å²) in [5.74, 6) is -1.11. The van der Waals surface area contributed by atoms with E-state index in [0.717, 1.165) is 44.8 Å². The Morgan fingerprint density at radius 3 is 1.82 bits per heavy atom. The van der Waals surface area contributed by atoms with Gasteiger partial charge in [-0.15, -0.1) is 0 Å². The van der Waals surface area contributed by atoms with Gasteiger partial charge in [-0.05, 0) is 85.3 Å². The highest BCUT2D eigenvalue weighted by atomic mass is 19.1. The van der Waals surface area contributed by atoms with Crippen LogP contribution in [0.25, 0.3) is 54.5 Å². The molecular weight excluding hydrogens is 625 g/mol. The van der Waals surface area contributed by atoms with Crippen LogP contribution < -0.4 is 5.32 Å². The minimum atomic E-state index is -0.779. The van der Waals surface area contributed by atoms with Crippen molar-refractivity contribution in [3.63, 3.8) is 0 Å². The van der Waals surface area contributed by atoms with Crippen LogP contribution in [0.5, 0.6) is 0 Å². The molecule has 0 aliphatic heterocycles. The highest BCUT2D eigenvalue weighted by Gasteiger charge is 2.21. The monoisotopic (exact) mass is 660 g/mol. The number of nitrogens with one attached hydrogen (secondary N) is 2. The number of fused-ring (bicyclic) bond motifs is 7. The second kappa shape index (κ2) is 13.1. The van der Waals surface area contributed by atoms with Crippen molar-refractivity contribution in [2.24, 2.45) is 0 Å². The number of rotatable bonds is 12. The molecule has 3 aromatic heterocycles. The van der Waals surface area contributed by atoms with Crippen LogP contribution >= 0.6 is 0 Å². The quantitative estimate of drug-likeness (QED) is 0.116. The highest BCUT2D eigenvalue weighted by molar-refractivity contribution is 6.09. The molecule has 3 heterocycles. The third-order valence-corrected chi connectivity index (χ3v) is 9.45. The number of ether oxygens (including phenoxy) is 1. The number of nitrogens with zero attached hydrogens (tertiary/aromatic N) is 2. The number of aliphatic hydroxyl groups excluding tert-OH is 1. The summed E-state index contributed by atoms with van der Waals surface area (Å²) in [6, 6.07) is 29.9. The number of aliphatic hydroxyl groups is 1. The van der Waals surface area contributed by atoms with Gasteiger partial charge in [0.1, 0.15) is 17.5 Å². The van der Waals surface area contributed by atoms with E-state index in [0.29, 0.717) is 37.0 Å². The lowest BCUT2D eigenvalue weighted by molar-refractivity contribution is -0.0205. The van der Waals surface area contributed by atoms with Crippen molar-refractivity contribution >= 4 is 54.5 Å². The molecule has 0 aliphatic rings. The summed E-state index contributed by atoms with van der Waals surface area (Å²) in [6.45, 7) is 1.83. The molecule has 0 fully saturated rings. The molecule has 3 N–H and O–H groups in total. The molecule has 0 amide bonds. The van der Waals surface area contributed by atoms with E-state index in [9.17, 15) is 18.3 Å². The predicted octanol–water partition coefficient (Wildman–Crippen LogP) is 8.08. The van der Waals surface area contributed by atoms with Gasteiger partial charge >= 0.3 is 0 Å². The summed E-state index contributed by atoms with van der Waals surface area (Å²) >= 11 is 0. The fraction of sp³-hybridized carbons (Fsp3) is 0.200. The topological polar surface area (TPSA) is 67.1 Å². The number of H-pyrrole nitrogens is 1. The molecular formula is C40H35F3N4O2. The van der Waals surface area contributed by atoms with E-state index in [2.05, 4.69) is 27.0 Å².